The third kappa shape index (κ3) is 3.30. The topological polar surface area (TPSA) is 101 Å². The number of carbonyl (C=O) groups is 2. The van der Waals surface area contributed by atoms with Gasteiger partial charge in [0.1, 0.15) is 23.6 Å². The summed E-state index contributed by atoms with van der Waals surface area (Å²) < 4.78 is 17.3. The summed E-state index contributed by atoms with van der Waals surface area (Å²) in [5.74, 6) is 0.294. The van der Waals surface area contributed by atoms with Gasteiger partial charge >= 0.3 is 12.1 Å². The summed E-state index contributed by atoms with van der Waals surface area (Å²) in [6.07, 6.45) is 7.11. The summed E-state index contributed by atoms with van der Waals surface area (Å²) in [6.45, 7) is 5.07. The smallest absolute Gasteiger partial charge is 0.407 e. The van der Waals surface area contributed by atoms with Crippen molar-refractivity contribution in [3.05, 3.63) is 35.9 Å². The predicted molar refractivity (Wildman–Crippen MR) is 141 cm³/mol. The number of esters is 1. The van der Waals surface area contributed by atoms with Gasteiger partial charge in [0.05, 0.1) is 19.7 Å². The molecule has 1 saturated heterocycles. The molecule has 2 N–H and O–H groups in total. The minimum atomic E-state index is -1.60. The van der Waals surface area contributed by atoms with Crippen molar-refractivity contribution in [2.24, 2.45) is 5.41 Å². The highest BCUT2D eigenvalue weighted by molar-refractivity contribution is 5.72. The molecule has 0 aromatic heterocycles. The molecule has 1 unspecified atom stereocenters. The van der Waals surface area contributed by atoms with Gasteiger partial charge in [-0.25, -0.2) is 4.79 Å². The number of benzene rings is 1. The van der Waals surface area contributed by atoms with Gasteiger partial charge in [-0.05, 0) is 50.3 Å². The first-order valence-corrected chi connectivity index (χ1v) is 13.9. The molecule has 6 rings (SSSR count). The highest BCUT2D eigenvalue weighted by Crippen LogP contribution is 2.67. The zero-order chi connectivity index (χ0) is 26.9. The molecule has 9 heteroatoms. The lowest BCUT2D eigenvalue weighted by Gasteiger charge is -2.64. The second-order valence-electron chi connectivity index (χ2n) is 11.7. The Hall–Kier alpha value is -2.78. The quantitative estimate of drug-likeness (QED) is 0.432. The number of likely N-dealkylation sites (N-methyl/N-ethyl adjacent to an activating group) is 1. The van der Waals surface area contributed by atoms with E-state index in [0.717, 1.165) is 50.2 Å². The third-order valence-corrected chi connectivity index (χ3v) is 10.1. The van der Waals surface area contributed by atoms with Crippen LogP contribution in [0.2, 0.25) is 0 Å². The molecule has 3 aliphatic heterocycles. The normalized spacial score (nSPS) is 37.1. The lowest BCUT2D eigenvalue weighted by Crippen LogP contribution is -2.81. The molecular formula is C29H39N3O6. The van der Waals surface area contributed by atoms with Crippen LogP contribution >= 0.6 is 0 Å². The van der Waals surface area contributed by atoms with Crippen LogP contribution in [0.5, 0.6) is 5.75 Å². The number of methoxy groups -OCH3 is 1. The van der Waals surface area contributed by atoms with Crippen LogP contribution in [0, 0.1) is 5.41 Å². The lowest BCUT2D eigenvalue weighted by molar-refractivity contribution is -0.217. The molecule has 1 amide bonds. The molecule has 0 bridgehead atoms. The number of fused-ring (bicyclic) bond motifs is 1. The molecule has 1 aromatic carbocycles. The number of aliphatic hydroxyl groups is 1. The SMILES string of the molecule is CC[C@]12C=CCN3CC[C@@]4(c5ccc(OC)cc5N(C)[C@H]4C(O)(CNC(=O)OC4CCC4)[C@@H]1OC(C)=O)[C@@H]32. The number of hydrogen-bond donors (Lipinski definition) is 2. The van der Waals surface area contributed by atoms with Gasteiger partial charge in [-0.15, -0.1) is 0 Å². The van der Waals surface area contributed by atoms with E-state index in [1.165, 1.54) is 12.5 Å². The summed E-state index contributed by atoms with van der Waals surface area (Å²) in [7, 11) is 3.64. The zero-order valence-corrected chi connectivity index (χ0v) is 22.7. The Bertz CT molecular complexity index is 1170. The zero-order valence-electron chi connectivity index (χ0n) is 22.7. The minimum Gasteiger partial charge on any atom is -0.497 e. The number of ether oxygens (including phenoxy) is 3. The highest BCUT2D eigenvalue weighted by atomic mass is 16.6. The number of nitrogens with one attached hydrogen (secondary N) is 1. The van der Waals surface area contributed by atoms with E-state index in [9.17, 15) is 14.7 Å². The van der Waals surface area contributed by atoms with E-state index in [1.54, 1.807) is 7.11 Å². The van der Waals surface area contributed by atoms with Crippen LogP contribution < -0.4 is 15.0 Å². The summed E-state index contributed by atoms with van der Waals surface area (Å²) in [5, 5.41) is 15.8. The maximum atomic E-state index is 13.0. The fourth-order valence-corrected chi connectivity index (χ4v) is 8.54. The molecule has 9 nitrogen and oxygen atoms in total. The lowest BCUT2D eigenvalue weighted by atomic mass is 9.47. The summed E-state index contributed by atoms with van der Waals surface area (Å²) in [5.41, 5.74) is -0.525. The van der Waals surface area contributed by atoms with Gasteiger partial charge in [0.2, 0.25) is 0 Å². The van der Waals surface area contributed by atoms with Crippen LogP contribution in [-0.4, -0.2) is 85.8 Å². The van der Waals surface area contributed by atoms with Gasteiger partial charge in [0.25, 0.3) is 0 Å². The van der Waals surface area contributed by atoms with Crippen LogP contribution in [0.1, 0.15) is 51.5 Å². The molecule has 38 heavy (non-hydrogen) atoms. The van der Waals surface area contributed by atoms with Crippen molar-refractivity contribution in [3.63, 3.8) is 0 Å². The van der Waals surface area contributed by atoms with Gasteiger partial charge in [0.15, 0.2) is 0 Å². The fourth-order valence-electron chi connectivity index (χ4n) is 8.54. The Balaban J connectivity index is 1.52. The minimum absolute atomic E-state index is 0.0126. The number of nitrogens with zero attached hydrogens (tertiary/aromatic N) is 2. The van der Waals surface area contributed by atoms with Crippen molar-refractivity contribution in [3.8, 4) is 5.75 Å². The summed E-state index contributed by atoms with van der Waals surface area (Å²) in [6, 6.07) is 5.71. The maximum Gasteiger partial charge on any atom is 0.407 e. The molecule has 206 valence electrons. The van der Waals surface area contributed by atoms with Gasteiger partial charge < -0.3 is 29.5 Å². The van der Waals surface area contributed by atoms with Crippen molar-refractivity contribution in [2.75, 3.05) is 38.7 Å². The van der Waals surface area contributed by atoms with Crippen molar-refractivity contribution >= 4 is 17.7 Å². The van der Waals surface area contributed by atoms with E-state index in [4.69, 9.17) is 14.2 Å². The Labute approximate surface area is 224 Å². The van der Waals surface area contributed by atoms with Gasteiger partial charge in [-0.2, -0.15) is 0 Å². The van der Waals surface area contributed by atoms with Crippen molar-refractivity contribution in [2.45, 2.75) is 81.3 Å². The van der Waals surface area contributed by atoms with E-state index >= 15 is 0 Å². The maximum absolute atomic E-state index is 13.0. The molecule has 3 fully saturated rings. The van der Waals surface area contributed by atoms with E-state index in [0.29, 0.717) is 6.42 Å². The van der Waals surface area contributed by atoms with Gasteiger partial charge in [-0.1, -0.05) is 25.1 Å². The third-order valence-electron chi connectivity index (χ3n) is 10.1. The number of hydrogen-bond acceptors (Lipinski definition) is 8. The average molecular weight is 526 g/mol. The van der Waals surface area contributed by atoms with Crippen molar-refractivity contribution in [1.29, 1.82) is 0 Å². The first-order chi connectivity index (χ1) is 18.2. The van der Waals surface area contributed by atoms with E-state index in [-0.39, 0.29) is 18.7 Å². The number of amides is 1. The van der Waals surface area contributed by atoms with E-state index < -0.39 is 40.6 Å². The van der Waals surface area contributed by atoms with Crippen molar-refractivity contribution in [1.82, 2.24) is 10.2 Å². The van der Waals surface area contributed by atoms with Crippen LogP contribution in [0.4, 0.5) is 10.5 Å². The number of rotatable bonds is 6. The predicted octanol–water partition coefficient (Wildman–Crippen LogP) is 2.75. The van der Waals surface area contributed by atoms with E-state index in [2.05, 4.69) is 40.3 Å². The van der Waals surface area contributed by atoms with Crippen LogP contribution in [0.25, 0.3) is 0 Å². The largest absolute Gasteiger partial charge is 0.497 e. The van der Waals surface area contributed by atoms with Crippen LogP contribution in [0.15, 0.2) is 30.4 Å². The van der Waals surface area contributed by atoms with Gasteiger partial charge in [0, 0.05) is 49.1 Å². The monoisotopic (exact) mass is 525 g/mol. The Kier molecular flexibility index (Phi) is 5.96. The molecule has 2 aliphatic carbocycles. The Morgan fingerprint density at radius 2 is 2.00 bits per heavy atom. The molecule has 1 aromatic rings. The van der Waals surface area contributed by atoms with Crippen LogP contribution in [-0.2, 0) is 19.7 Å². The fraction of sp³-hybridized carbons (Fsp3) is 0.655. The van der Waals surface area contributed by atoms with Crippen LogP contribution in [0.3, 0.4) is 0 Å². The Morgan fingerprint density at radius 3 is 2.66 bits per heavy atom. The molecule has 5 aliphatic rings. The molecule has 6 atom stereocenters. The first kappa shape index (κ1) is 25.5. The highest BCUT2D eigenvalue weighted by Gasteiger charge is 2.77. The molecular weight excluding hydrogens is 486 g/mol. The molecule has 1 spiro atoms. The number of alkyl carbamates (subject to hydrolysis) is 1. The average Bonchev–Trinajstić information content (AvgIpc) is 3.39. The Morgan fingerprint density at radius 1 is 1.21 bits per heavy atom. The number of carbonyl (C=O) groups excluding carboxylic acids is 2. The van der Waals surface area contributed by atoms with Gasteiger partial charge in [-0.3, -0.25) is 9.69 Å². The summed E-state index contributed by atoms with van der Waals surface area (Å²) in [4.78, 5) is 30.0. The standard InChI is InChI=1S/C29H39N3O6/c1-5-27-12-7-14-32-15-13-28(23(27)32)21-11-10-20(36-4)16-22(21)31(3)24(28)29(35,25(27)37-18(2)33)17-30-26(34)38-19-8-6-9-19/h7,10-12,16,19,23-25,35H,5-6,8-9,13-15,17H2,1-4H3,(H,30,34)/t23-,24+,25+,27+,28+,29?/m0/s1. The summed E-state index contributed by atoms with van der Waals surface area (Å²) >= 11 is 0. The second-order valence-corrected chi connectivity index (χ2v) is 11.7. The van der Waals surface area contributed by atoms with E-state index in [1.807, 2.05) is 19.2 Å². The first-order valence-electron chi connectivity index (χ1n) is 13.9. The second kappa shape index (κ2) is 8.88. The molecule has 2 saturated carbocycles. The van der Waals surface area contributed by atoms with Crippen molar-refractivity contribution < 1.29 is 28.9 Å². The molecule has 3 heterocycles. The number of anilines is 1. The molecule has 0 radical (unpaired) electrons.